The van der Waals surface area contributed by atoms with Crippen LogP contribution in [0, 0.1) is 0 Å². The zero-order valence-electron chi connectivity index (χ0n) is 9.24. The van der Waals surface area contributed by atoms with Gasteiger partial charge in [0.2, 0.25) is 0 Å². The first-order valence-corrected chi connectivity index (χ1v) is 7.68. The van der Waals surface area contributed by atoms with Crippen molar-refractivity contribution in [1.29, 1.82) is 0 Å². The molecule has 2 rings (SSSR count). The monoisotopic (exact) mass is 310 g/mol. The van der Waals surface area contributed by atoms with Gasteiger partial charge in [-0.25, -0.2) is 0 Å². The molecule has 2 N–H and O–H groups in total. The van der Waals surface area contributed by atoms with Crippen molar-refractivity contribution in [1.82, 2.24) is 0 Å². The van der Waals surface area contributed by atoms with Gasteiger partial charge in [-0.3, -0.25) is 0 Å². The molecular weight excluding hydrogens is 299 g/mol. The van der Waals surface area contributed by atoms with Crippen LogP contribution in [0.1, 0.15) is 0 Å². The maximum absolute atomic E-state index is 11.6. The molecule has 18 heavy (non-hydrogen) atoms. The molecule has 0 saturated heterocycles. The van der Waals surface area contributed by atoms with Gasteiger partial charge < -0.3 is 0 Å². The molecule has 0 aliphatic carbocycles. The van der Waals surface area contributed by atoms with E-state index in [0.29, 0.717) is 11.5 Å². The molecule has 0 aliphatic rings. The first kappa shape index (κ1) is 12.5. The van der Waals surface area contributed by atoms with Crippen molar-refractivity contribution in [2.24, 2.45) is 0 Å². The molecule has 0 unspecified atom stereocenters. The summed E-state index contributed by atoms with van der Waals surface area (Å²) in [7, 11) is 0. The third-order valence-corrected chi connectivity index (χ3v) is 3.76. The van der Waals surface area contributed by atoms with Gasteiger partial charge in [0.1, 0.15) is 0 Å². The summed E-state index contributed by atoms with van der Waals surface area (Å²) < 4.78 is 21.9. The van der Waals surface area contributed by atoms with Crippen molar-refractivity contribution < 1.29 is 21.4 Å². The van der Waals surface area contributed by atoms with Gasteiger partial charge in [0.15, 0.2) is 0 Å². The van der Waals surface area contributed by atoms with Crippen LogP contribution in [0.25, 0.3) is 0 Å². The zero-order chi connectivity index (χ0) is 13.0. The Morgan fingerprint density at radius 3 is 1.39 bits per heavy atom. The van der Waals surface area contributed by atoms with Crippen LogP contribution >= 0.6 is 0 Å². The summed E-state index contributed by atoms with van der Waals surface area (Å²) in [6.45, 7) is 0. The molecule has 0 saturated carbocycles. The Kier molecular flexibility index (Phi) is 3.84. The molecule has 94 valence electrons. The molecule has 5 nitrogen and oxygen atoms in total. The molecular formula is C12H11AsO5. The van der Waals surface area contributed by atoms with E-state index >= 15 is 0 Å². The van der Waals surface area contributed by atoms with E-state index in [-0.39, 0.29) is 11.5 Å². The molecule has 0 spiro atoms. The van der Waals surface area contributed by atoms with E-state index in [4.69, 9.17) is 17.7 Å². The second-order valence-corrected chi connectivity index (χ2v) is 5.35. The summed E-state index contributed by atoms with van der Waals surface area (Å²) in [6.07, 6.45) is 0. The van der Waals surface area contributed by atoms with Gasteiger partial charge in [0.25, 0.3) is 0 Å². The van der Waals surface area contributed by atoms with Crippen molar-refractivity contribution in [2.75, 3.05) is 0 Å². The summed E-state index contributed by atoms with van der Waals surface area (Å²) in [5.41, 5.74) is 0. The molecule has 0 atom stereocenters. The minimum atomic E-state index is -3.38. The van der Waals surface area contributed by atoms with Crippen LogP contribution in [0.5, 0.6) is 23.0 Å². The van der Waals surface area contributed by atoms with Crippen LogP contribution in [0.4, 0.5) is 0 Å². The molecule has 0 amide bonds. The van der Waals surface area contributed by atoms with Crippen LogP contribution in [-0.4, -0.2) is 25.5 Å². The average Bonchev–Trinajstić information content (AvgIpc) is 2.35. The predicted molar refractivity (Wildman–Crippen MR) is 65.3 cm³/mol. The van der Waals surface area contributed by atoms with Crippen LogP contribution < -0.4 is 7.45 Å². The van der Waals surface area contributed by atoms with Crippen LogP contribution in [0.2, 0.25) is 0 Å². The molecule has 0 aromatic heterocycles. The normalized spacial score (nSPS) is 10.3. The van der Waals surface area contributed by atoms with E-state index in [1.165, 1.54) is 48.5 Å². The van der Waals surface area contributed by atoms with Crippen molar-refractivity contribution in [3.8, 4) is 23.0 Å². The van der Waals surface area contributed by atoms with Crippen molar-refractivity contribution in [3.05, 3.63) is 48.5 Å². The van der Waals surface area contributed by atoms with Gasteiger partial charge in [0, 0.05) is 0 Å². The van der Waals surface area contributed by atoms with Crippen LogP contribution in [0.15, 0.2) is 48.5 Å². The van der Waals surface area contributed by atoms with E-state index < -0.39 is 15.3 Å². The average molecular weight is 310 g/mol. The number of phenols is 2. The molecule has 0 heterocycles. The fourth-order valence-electron chi connectivity index (χ4n) is 1.24. The Morgan fingerprint density at radius 1 is 0.722 bits per heavy atom. The van der Waals surface area contributed by atoms with Crippen molar-refractivity contribution >= 4 is 15.3 Å². The third kappa shape index (κ3) is 3.50. The van der Waals surface area contributed by atoms with Gasteiger partial charge in [-0.15, -0.1) is 0 Å². The number of benzene rings is 2. The predicted octanol–water partition coefficient (Wildman–Crippen LogP) is 1.70. The Morgan fingerprint density at radius 2 is 1.06 bits per heavy atom. The SMILES string of the molecule is O=[AsH](Oc1ccc(O)cc1)Oc1ccc(O)cc1. The standard InChI is InChI=1S/C12H11AsO5/c14-9-1-5-11(6-2-9)17-13(16)18-12-7-3-10(15)4-8-12/h1-8,13-15H. The third-order valence-electron chi connectivity index (χ3n) is 2.08. The van der Waals surface area contributed by atoms with Crippen LogP contribution in [-0.2, 0) is 3.74 Å². The molecule has 0 fully saturated rings. The number of rotatable bonds is 4. The quantitative estimate of drug-likeness (QED) is 0.841. The molecule has 0 aliphatic heterocycles. The molecule has 0 bridgehead atoms. The topological polar surface area (TPSA) is 76.0 Å². The van der Waals surface area contributed by atoms with E-state index in [1.807, 2.05) is 0 Å². The Bertz CT molecular complexity index is 486. The van der Waals surface area contributed by atoms with Crippen molar-refractivity contribution in [2.45, 2.75) is 0 Å². The number of phenolic OH excluding ortho intramolecular Hbond substituents is 2. The first-order chi connectivity index (χ1) is 8.63. The van der Waals surface area contributed by atoms with E-state index in [9.17, 15) is 3.74 Å². The Labute approximate surface area is 108 Å². The molecule has 6 heteroatoms. The summed E-state index contributed by atoms with van der Waals surface area (Å²) in [6, 6.07) is 11.7. The van der Waals surface area contributed by atoms with E-state index in [2.05, 4.69) is 0 Å². The van der Waals surface area contributed by atoms with Gasteiger partial charge in [-0.2, -0.15) is 0 Å². The van der Waals surface area contributed by atoms with Gasteiger partial charge in [0.05, 0.1) is 0 Å². The van der Waals surface area contributed by atoms with Gasteiger partial charge in [-0.1, -0.05) is 0 Å². The Hall–Kier alpha value is -2.00. The summed E-state index contributed by atoms with van der Waals surface area (Å²) in [5.74, 6) is 0.955. The second-order valence-electron chi connectivity index (χ2n) is 3.44. The first-order valence-electron chi connectivity index (χ1n) is 5.11. The summed E-state index contributed by atoms with van der Waals surface area (Å²) in [5, 5.41) is 18.2. The summed E-state index contributed by atoms with van der Waals surface area (Å²) >= 11 is -3.38. The van der Waals surface area contributed by atoms with Gasteiger partial charge in [-0.05, 0) is 0 Å². The van der Waals surface area contributed by atoms with E-state index in [0.717, 1.165) is 0 Å². The molecule has 2 aromatic rings. The summed E-state index contributed by atoms with van der Waals surface area (Å²) in [4.78, 5) is 0. The van der Waals surface area contributed by atoms with Crippen LogP contribution in [0.3, 0.4) is 0 Å². The Balaban J connectivity index is 1.96. The molecule has 2 aromatic carbocycles. The zero-order valence-corrected chi connectivity index (χ0v) is 11.3. The number of hydrogen-bond donors (Lipinski definition) is 2. The second kappa shape index (κ2) is 5.56. The molecule has 0 radical (unpaired) electrons. The number of aromatic hydroxyl groups is 2. The van der Waals surface area contributed by atoms with Gasteiger partial charge >= 0.3 is 108 Å². The maximum atomic E-state index is 11.6. The van der Waals surface area contributed by atoms with E-state index in [1.54, 1.807) is 0 Å². The fraction of sp³-hybridized carbons (Fsp3) is 0. The minimum absolute atomic E-state index is 0.106. The van der Waals surface area contributed by atoms with Crippen molar-refractivity contribution in [3.63, 3.8) is 0 Å². The fourth-order valence-corrected chi connectivity index (χ4v) is 2.71. The number of hydrogen-bond acceptors (Lipinski definition) is 5.